The second-order valence-electron chi connectivity index (χ2n) is 10.3. The molecule has 3 atom stereocenters. The van der Waals surface area contributed by atoms with E-state index in [9.17, 15) is 9.90 Å². The fourth-order valence-electron chi connectivity index (χ4n) is 5.98. The van der Waals surface area contributed by atoms with Gasteiger partial charge in [0.25, 0.3) is 0 Å². The second kappa shape index (κ2) is 10.7. The lowest BCUT2D eigenvalue weighted by Crippen LogP contribution is -2.23. The van der Waals surface area contributed by atoms with Crippen molar-refractivity contribution in [2.75, 3.05) is 6.54 Å². The summed E-state index contributed by atoms with van der Waals surface area (Å²) < 4.78 is 0. The lowest BCUT2D eigenvalue weighted by atomic mass is 9.72. The maximum absolute atomic E-state index is 11.8. The Morgan fingerprint density at radius 2 is 1.78 bits per heavy atom. The third-order valence-corrected chi connectivity index (χ3v) is 7.93. The molecule has 4 aromatic rings. The first-order chi connectivity index (χ1) is 17.5. The highest BCUT2D eigenvalue weighted by atomic mass is 16.4. The molecule has 0 amide bonds. The maximum Gasteiger partial charge on any atom is 0.335 e. The average molecular weight is 478 g/mol. The Bertz CT molecular complexity index is 1370. The smallest absolute Gasteiger partial charge is 0.335 e. The number of nitrogens with one attached hydrogen (secondary N) is 1. The van der Waals surface area contributed by atoms with E-state index in [2.05, 4.69) is 85.0 Å². The van der Waals surface area contributed by atoms with Gasteiger partial charge in [0.2, 0.25) is 0 Å². The van der Waals surface area contributed by atoms with Gasteiger partial charge in [-0.2, -0.15) is 0 Å². The van der Waals surface area contributed by atoms with E-state index in [0.717, 1.165) is 43.4 Å². The van der Waals surface area contributed by atoms with E-state index in [1.54, 1.807) is 0 Å². The van der Waals surface area contributed by atoms with Gasteiger partial charge in [-0.25, -0.2) is 4.79 Å². The molecule has 0 radical (unpaired) electrons. The highest BCUT2D eigenvalue weighted by Crippen LogP contribution is 2.41. The highest BCUT2D eigenvalue weighted by Gasteiger charge is 2.28. The van der Waals surface area contributed by atoms with Crippen LogP contribution in [0.2, 0.25) is 0 Å². The molecule has 0 bridgehead atoms. The highest BCUT2D eigenvalue weighted by molar-refractivity contribution is 5.89. The predicted octanol–water partition coefficient (Wildman–Crippen LogP) is 7.67. The summed E-state index contributed by atoms with van der Waals surface area (Å²) in [6.07, 6.45) is 4.46. The molecule has 0 spiro atoms. The molecule has 5 rings (SSSR count). The molecule has 4 aromatic carbocycles. The number of aryl methyl sites for hydroxylation is 1. The topological polar surface area (TPSA) is 49.3 Å². The van der Waals surface area contributed by atoms with E-state index in [-0.39, 0.29) is 5.92 Å². The van der Waals surface area contributed by atoms with Gasteiger partial charge in [-0.05, 0) is 96.6 Å². The number of carboxylic acids is 1. The van der Waals surface area contributed by atoms with Gasteiger partial charge in [-0.15, -0.1) is 0 Å². The zero-order chi connectivity index (χ0) is 25.1. The lowest BCUT2D eigenvalue weighted by molar-refractivity contribution is 0.0696. The summed E-state index contributed by atoms with van der Waals surface area (Å²) in [6.45, 7) is 5.12. The summed E-state index contributed by atoms with van der Waals surface area (Å²) in [6, 6.07) is 30.2. The molecular formula is C33H35NO2. The van der Waals surface area contributed by atoms with Crippen molar-refractivity contribution in [3.8, 4) is 0 Å². The van der Waals surface area contributed by atoms with Crippen LogP contribution in [0.1, 0.15) is 76.3 Å². The molecular weight excluding hydrogens is 442 g/mol. The second-order valence-corrected chi connectivity index (χ2v) is 10.3. The van der Waals surface area contributed by atoms with E-state index in [1.165, 1.54) is 27.5 Å². The third kappa shape index (κ3) is 5.08. The monoisotopic (exact) mass is 477 g/mol. The zero-order valence-corrected chi connectivity index (χ0v) is 21.2. The average Bonchev–Trinajstić information content (AvgIpc) is 2.90. The fourth-order valence-corrected chi connectivity index (χ4v) is 5.98. The number of carbonyl (C=O) groups is 1. The Hall–Kier alpha value is -3.43. The van der Waals surface area contributed by atoms with E-state index in [4.69, 9.17) is 0 Å². The fraction of sp³-hybridized carbons (Fsp3) is 0.303. The van der Waals surface area contributed by atoms with Gasteiger partial charge in [0.1, 0.15) is 0 Å². The summed E-state index contributed by atoms with van der Waals surface area (Å²) in [5, 5.41) is 16.0. The summed E-state index contributed by atoms with van der Waals surface area (Å²) in [5.74, 6) is -0.00302. The molecule has 0 heterocycles. The minimum absolute atomic E-state index is 0.251. The van der Waals surface area contributed by atoms with Crippen molar-refractivity contribution in [2.24, 2.45) is 5.92 Å². The van der Waals surface area contributed by atoms with Gasteiger partial charge >= 0.3 is 5.97 Å². The SMILES string of the molecule is Cc1ccc(C2CC(CCCNC(C)c3cccc4ccccc34)Cc3ccccc32)cc1C(=O)O. The maximum atomic E-state index is 11.8. The van der Waals surface area contributed by atoms with Gasteiger partial charge < -0.3 is 10.4 Å². The van der Waals surface area contributed by atoms with Crippen LogP contribution >= 0.6 is 0 Å². The summed E-state index contributed by atoms with van der Waals surface area (Å²) in [5.41, 5.74) is 6.48. The van der Waals surface area contributed by atoms with E-state index >= 15 is 0 Å². The third-order valence-electron chi connectivity index (χ3n) is 7.93. The first kappa shape index (κ1) is 24.3. The van der Waals surface area contributed by atoms with Crippen LogP contribution in [0.5, 0.6) is 0 Å². The number of fused-ring (bicyclic) bond motifs is 2. The molecule has 184 valence electrons. The minimum Gasteiger partial charge on any atom is -0.478 e. The molecule has 0 saturated heterocycles. The predicted molar refractivity (Wildman–Crippen MR) is 148 cm³/mol. The number of rotatable bonds is 8. The van der Waals surface area contributed by atoms with Crippen LogP contribution in [0, 0.1) is 12.8 Å². The van der Waals surface area contributed by atoms with Crippen molar-refractivity contribution >= 4 is 16.7 Å². The number of benzene rings is 4. The van der Waals surface area contributed by atoms with E-state index in [0.29, 0.717) is 17.5 Å². The number of carboxylic acid groups (broad SMARTS) is 1. The van der Waals surface area contributed by atoms with Crippen LogP contribution in [0.25, 0.3) is 10.8 Å². The number of aromatic carboxylic acids is 1. The molecule has 0 aromatic heterocycles. The molecule has 3 nitrogen and oxygen atoms in total. The minimum atomic E-state index is -0.846. The van der Waals surface area contributed by atoms with Gasteiger partial charge in [-0.3, -0.25) is 0 Å². The van der Waals surface area contributed by atoms with Gasteiger partial charge in [-0.1, -0.05) is 78.9 Å². The lowest BCUT2D eigenvalue weighted by Gasteiger charge is -2.32. The summed E-state index contributed by atoms with van der Waals surface area (Å²) in [4.78, 5) is 11.8. The molecule has 1 aliphatic rings. The Balaban J connectivity index is 1.25. The van der Waals surface area contributed by atoms with Gasteiger partial charge in [0.05, 0.1) is 5.56 Å². The molecule has 0 saturated carbocycles. The normalized spacial score (nSPS) is 18.1. The molecule has 36 heavy (non-hydrogen) atoms. The largest absolute Gasteiger partial charge is 0.478 e. The van der Waals surface area contributed by atoms with Crippen molar-refractivity contribution in [1.82, 2.24) is 5.32 Å². The first-order valence-corrected chi connectivity index (χ1v) is 13.1. The number of hydrogen-bond donors (Lipinski definition) is 2. The molecule has 3 unspecified atom stereocenters. The van der Waals surface area contributed by atoms with Crippen molar-refractivity contribution in [1.29, 1.82) is 0 Å². The zero-order valence-electron chi connectivity index (χ0n) is 21.2. The van der Waals surface area contributed by atoms with Crippen LogP contribution in [-0.2, 0) is 6.42 Å². The molecule has 3 heteroatoms. The first-order valence-electron chi connectivity index (χ1n) is 13.1. The quantitative estimate of drug-likeness (QED) is 0.256. The van der Waals surface area contributed by atoms with Crippen molar-refractivity contribution in [3.63, 3.8) is 0 Å². The van der Waals surface area contributed by atoms with Crippen molar-refractivity contribution in [3.05, 3.63) is 118 Å². The van der Waals surface area contributed by atoms with Gasteiger partial charge in [0, 0.05) is 12.0 Å². The van der Waals surface area contributed by atoms with Crippen molar-refractivity contribution in [2.45, 2.75) is 51.5 Å². The standard InChI is InChI=1S/C33H35NO2/c1-22-16-17-27(21-31(22)33(35)36)32-20-24(19-26-11-4-6-14-30(26)32)9-8-18-34-23(2)28-15-7-12-25-10-3-5-13-29(25)28/h3-7,10-17,21,23-24,32,34H,8-9,18-20H2,1-2H3,(H,35,36). The van der Waals surface area contributed by atoms with Gasteiger partial charge in [0.15, 0.2) is 0 Å². The molecule has 1 aliphatic carbocycles. The molecule has 2 N–H and O–H groups in total. The molecule has 0 fully saturated rings. The van der Waals surface area contributed by atoms with Crippen LogP contribution in [-0.4, -0.2) is 17.6 Å². The van der Waals surface area contributed by atoms with Crippen molar-refractivity contribution < 1.29 is 9.90 Å². The Morgan fingerprint density at radius 1 is 1.00 bits per heavy atom. The van der Waals surface area contributed by atoms with Crippen LogP contribution in [0.3, 0.4) is 0 Å². The van der Waals surface area contributed by atoms with E-state index in [1.807, 2.05) is 19.1 Å². The Morgan fingerprint density at radius 3 is 2.64 bits per heavy atom. The van der Waals surface area contributed by atoms with E-state index < -0.39 is 5.97 Å². The summed E-state index contributed by atoms with van der Waals surface area (Å²) in [7, 11) is 0. The van der Waals surface area contributed by atoms with Crippen LogP contribution in [0.4, 0.5) is 0 Å². The Labute approximate surface area is 214 Å². The van der Waals surface area contributed by atoms with Crippen LogP contribution in [0.15, 0.2) is 84.9 Å². The van der Waals surface area contributed by atoms with Crippen LogP contribution < -0.4 is 5.32 Å². The summed E-state index contributed by atoms with van der Waals surface area (Å²) >= 11 is 0. The number of hydrogen-bond acceptors (Lipinski definition) is 2. The Kier molecular flexibility index (Phi) is 7.20. The molecule has 0 aliphatic heterocycles.